The summed E-state index contributed by atoms with van der Waals surface area (Å²) in [5.74, 6) is -0.322. The number of ether oxygens (including phenoxy) is 2. The van der Waals surface area contributed by atoms with E-state index in [-0.39, 0.29) is 5.91 Å². The first-order valence-electron chi connectivity index (χ1n) is 10.7. The topological polar surface area (TPSA) is 120 Å². The zero-order valence-corrected chi connectivity index (χ0v) is 18.4. The van der Waals surface area contributed by atoms with Crippen molar-refractivity contribution >= 4 is 18.0 Å². The van der Waals surface area contributed by atoms with Gasteiger partial charge in [0.05, 0.1) is 13.2 Å². The molecule has 0 radical (unpaired) electrons. The number of hydrogen-bond acceptors (Lipinski definition) is 6. The average Bonchev–Trinajstić information content (AvgIpc) is 2.65. The summed E-state index contributed by atoms with van der Waals surface area (Å²) in [5.41, 5.74) is 5.46. The molecule has 1 rings (SSSR count). The lowest BCUT2D eigenvalue weighted by Gasteiger charge is -2.26. The normalized spacial score (nSPS) is 17.1. The van der Waals surface area contributed by atoms with Crippen LogP contribution in [0.4, 0.5) is 4.79 Å². The largest absolute Gasteiger partial charge is 0.467 e. The number of carbonyl (C=O) groups is 3. The zero-order valence-electron chi connectivity index (χ0n) is 18.4. The van der Waals surface area contributed by atoms with Crippen molar-refractivity contribution in [2.24, 2.45) is 11.7 Å². The molecule has 168 valence electrons. The van der Waals surface area contributed by atoms with Gasteiger partial charge in [-0.25, -0.2) is 9.59 Å². The Kier molecular flexibility index (Phi) is 11.0. The number of amides is 2. The van der Waals surface area contributed by atoms with Crippen LogP contribution in [0.5, 0.6) is 0 Å². The molecule has 0 aromatic heterocycles. The fourth-order valence-electron chi connectivity index (χ4n) is 3.52. The van der Waals surface area contributed by atoms with Crippen LogP contribution in [0.3, 0.4) is 0 Å². The Hall–Kier alpha value is -1.83. The van der Waals surface area contributed by atoms with Crippen LogP contribution in [0.1, 0.15) is 78.6 Å². The molecule has 29 heavy (non-hydrogen) atoms. The summed E-state index contributed by atoms with van der Waals surface area (Å²) in [6.45, 7) is 5.87. The molecular weight excluding hydrogens is 374 g/mol. The molecule has 0 aliphatic heterocycles. The van der Waals surface area contributed by atoms with Crippen molar-refractivity contribution in [1.29, 1.82) is 0 Å². The van der Waals surface area contributed by atoms with Gasteiger partial charge < -0.3 is 25.8 Å². The number of hydrogen-bond donors (Lipinski definition) is 3. The van der Waals surface area contributed by atoms with Gasteiger partial charge in [0.2, 0.25) is 5.91 Å². The Bertz CT molecular complexity index is 527. The molecule has 1 aliphatic rings. The number of nitrogens with one attached hydrogen (secondary N) is 2. The van der Waals surface area contributed by atoms with Gasteiger partial charge in [-0.05, 0) is 52.4 Å². The maximum absolute atomic E-state index is 12.4. The average molecular weight is 414 g/mol. The molecule has 1 saturated carbocycles. The Balaban J connectivity index is 2.32. The standard InChI is InChI=1S/C21H39N3O5/c1-21(2,3)29-20(27)23-13-9-8-12-16(22)18(25)24-17(19(26)28-4)14-15-10-6-5-7-11-15/h15-17H,5-14,22H2,1-4H3,(H,23,27)(H,24,25)/t16-,17+/m0/s1. The highest BCUT2D eigenvalue weighted by Crippen LogP contribution is 2.27. The molecular formula is C21H39N3O5. The van der Waals surface area contributed by atoms with Gasteiger partial charge in [0.25, 0.3) is 0 Å². The van der Waals surface area contributed by atoms with Gasteiger partial charge in [0.1, 0.15) is 11.6 Å². The Morgan fingerprint density at radius 1 is 1.10 bits per heavy atom. The third kappa shape index (κ3) is 11.1. The minimum absolute atomic E-state index is 0.337. The number of methoxy groups -OCH3 is 1. The van der Waals surface area contributed by atoms with Gasteiger partial charge in [-0.3, -0.25) is 4.79 Å². The molecule has 0 unspecified atom stereocenters. The molecule has 8 heteroatoms. The third-order valence-electron chi connectivity index (χ3n) is 5.04. The first-order valence-corrected chi connectivity index (χ1v) is 10.7. The second kappa shape index (κ2) is 12.7. The molecule has 8 nitrogen and oxygen atoms in total. The highest BCUT2D eigenvalue weighted by atomic mass is 16.6. The van der Waals surface area contributed by atoms with E-state index >= 15 is 0 Å². The van der Waals surface area contributed by atoms with Crippen molar-refractivity contribution in [2.75, 3.05) is 13.7 Å². The number of alkyl carbamates (subject to hydrolysis) is 1. The van der Waals surface area contributed by atoms with Gasteiger partial charge >= 0.3 is 12.1 Å². The van der Waals surface area contributed by atoms with Crippen molar-refractivity contribution < 1.29 is 23.9 Å². The molecule has 0 heterocycles. The zero-order chi connectivity index (χ0) is 21.9. The lowest BCUT2D eigenvalue weighted by atomic mass is 9.84. The van der Waals surface area contributed by atoms with E-state index < -0.39 is 29.7 Å². The maximum Gasteiger partial charge on any atom is 0.407 e. The molecule has 0 spiro atoms. The predicted octanol–water partition coefficient (Wildman–Crippen LogP) is 2.64. The molecule has 0 aromatic carbocycles. The number of esters is 1. The number of unbranched alkanes of at least 4 members (excludes halogenated alkanes) is 1. The second-order valence-electron chi connectivity index (χ2n) is 8.86. The summed E-state index contributed by atoms with van der Waals surface area (Å²) in [6.07, 6.45) is 7.72. The second-order valence-corrected chi connectivity index (χ2v) is 8.86. The SMILES string of the molecule is COC(=O)[C@@H](CC1CCCCC1)NC(=O)[C@@H](N)CCCCNC(=O)OC(C)(C)C. The monoisotopic (exact) mass is 413 g/mol. The van der Waals surface area contributed by atoms with E-state index in [4.69, 9.17) is 15.2 Å². The van der Waals surface area contributed by atoms with Gasteiger partial charge in [-0.2, -0.15) is 0 Å². The lowest BCUT2D eigenvalue weighted by Crippen LogP contribution is -2.49. The van der Waals surface area contributed by atoms with Gasteiger partial charge in [0.15, 0.2) is 0 Å². The van der Waals surface area contributed by atoms with Crippen molar-refractivity contribution in [1.82, 2.24) is 10.6 Å². The van der Waals surface area contributed by atoms with E-state index in [1.165, 1.54) is 26.4 Å². The van der Waals surface area contributed by atoms with Gasteiger partial charge in [0, 0.05) is 6.54 Å². The summed E-state index contributed by atoms with van der Waals surface area (Å²) < 4.78 is 10.0. The minimum atomic E-state index is -0.699. The molecule has 2 atom stereocenters. The first-order chi connectivity index (χ1) is 13.6. The van der Waals surface area contributed by atoms with Crippen LogP contribution >= 0.6 is 0 Å². The van der Waals surface area contributed by atoms with Crippen LogP contribution in [0.2, 0.25) is 0 Å². The summed E-state index contributed by atoms with van der Waals surface area (Å²) in [4.78, 5) is 36.1. The predicted molar refractivity (Wildman–Crippen MR) is 111 cm³/mol. The Morgan fingerprint density at radius 2 is 1.76 bits per heavy atom. The smallest absolute Gasteiger partial charge is 0.407 e. The van der Waals surface area contributed by atoms with E-state index in [1.807, 2.05) is 0 Å². The molecule has 0 aromatic rings. The fraction of sp³-hybridized carbons (Fsp3) is 0.857. The molecule has 1 fully saturated rings. The summed E-state index contributed by atoms with van der Waals surface area (Å²) in [6, 6.07) is -1.34. The quantitative estimate of drug-likeness (QED) is 0.374. The highest BCUT2D eigenvalue weighted by molar-refractivity contribution is 5.87. The van der Waals surface area contributed by atoms with Gasteiger partial charge in [-0.15, -0.1) is 0 Å². The van der Waals surface area contributed by atoms with E-state index in [0.717, 1.165) is 12.8 Å². The van der Waals surface area contributed by atoms with E-state index in [9.17, 15) is 14.4 Å². The van der Waals surface area contributed by atoms with Crippen LogP contribution in [-0.4, -0.2) is 49.3 Å². The third-order valence-corrected chi connectivity index (χ3v) is 5.04. The lowest BCUT2D eigenvalue weighted by molar-refractivity contribution is -0.145. The van der Waals surface area contributed by atoms with E-state index in [2.05, 4.69) is 10.6 Å². The summed E-state index contributed by atoms with van der Waals surface area (Å²) >= 11 is 0. The molecule has 0 bridgehead atoms. The van der Waals surface area contributed by atoms with Gasteiger partial charge in [-0.1, -0.05) is 32.1 Å². The van der Waals surface area contributed by atoms with Crippen LogP contribution in [0, 0.1) is 5.92 Å². The molecule has 0 saturated heterocycles. The number of carbonyl (C=O) groups excluding carboxylic acids is 3. The van der Waals surface area contributed by atoms with E-state index in [0.29, 0.717) is 38.1 Å². The van der Waals surface area contributed by atoms with Crippen LogP contribution < -0.4 is 16.4 Å². The minimum Gasteiger partial charge on any atom is -0.467 e. The summed E-state index contributed by atoms with van der Waals surface area (Å²) in [7, 11) is 1.33. The van der Waals surface area contributed by atoms with Crippen LogP contribution in [0.25, 0.3) is 0 Å². The van der Waals surface area contributed by atoms with Crippen molar-refractivity contribution in [3.63, 3.8) is 0 Å². The Labute approximate surface area is 174 Å². The van der Waals surface area contributed by atoms with Crippen molar-refractivity contribution in [3.8, 4) is 0 Å². The molecule has 4 N–H and O–H groups in total. The van der Waals surface area contributed by atoms with E-state index in [1.54, 1.807) is 20.8 Å². The Morgan fingerprint density at radius 3 is 2.34 bits per heavy atom. The molecule has 1 aliphatic carbocycles. The first kappa shape index (κ1) is 25.2. The van der Waals surface area contributed by atoms with Crippen molar-refractivity contribution in [2.45, 2.75) is 96.2 Å². The fourth-order valence-corrected chi connectivity index (χ4v) is 3.52. The highest BCUT2D eigenvalue weighted by Gasteiger charge is 2.28. The van der Waals surface area contributed by atoms with Crippen molar-refractivity contribution in [3.05, 3.63) is 0 Å². The summed E-state index contributed by atoms with van der Waals surface area (Å²) in [5, 5.41) is 5.45. The number of rotatable bonds is 10. The number of nitrogens with two attached hydrogens (primary N) is 1. The molecule has 2 amide bonds. The van der Waals surface area contributed by atoms with Crippen LogP contribution in [-0.2, 0) is 19.1 Å². The van der Waals surface area contributed by atoms with Crippen LogP contribution in [0.15, 0.2) is 0 Å². The maximum atomic E-state index is 12.4.